The van der Waals surface area contributed by atoms with Crippen LogP contribution >= 0.6 is 0 Å². The smallest absolute Gasteiger partial charge is 0.319 e. The number of aromatic nitrogens is 2. The molecule has 0 radical (unpaired) electrons. The fourth-order valence-corrected chi connectivity index (χ4v) is 2.23. The van der Waals surface area contributed by atoms with Gasteiger partial charge in [0.15, 0.2) is 0 Å². The highest BCUT2D eigenvalue weighted by atomic mass is 16.2. The molecule has 1 unspecified atom stereocenters. The number of amides is 3. The van der Waals surface area contributed by atoms with Gasteiger partial charge in [-0.2, -0.15) is 5.10 Å². The van der Waals surface area contributed by atoms with Crippen molar-refractivity contribution in [1.82, 2.24) is 20.0 Å². The van der Waals surface area contributed by atoms with Gasteiger partial charge in [0.25, 0.3) is 0 Å². The van der Waals surface area contributed by atoms with E-state index in [-0.39, 0.29) is 5.91 Å². The van der Waals surface area contributed by atoms with Crippen molar-refractivity contribution >= 4 is 17.6 Å². The minimum absolute atomic E-state index is 0.150. The second-order valence-electron chi connectivity index (χ2n) is 5.84. The lowest BCUT2D eigenvalue weighted by atomic mass is 10.2. The molecule has 2 N–H and O–H groups in total. The van der Waals surface area contributed by atoms with Gasteiger partial charge in [0.05, 0.1) is 17.9 Å². The summed E-state index contributed by atoms with van der Waals surface area (Å²) in [6.07, 6.45) is 5.93. The molecule has 0 aliphatic heterocycles. The summed E-state index contributed by atoms with van der Waals surface area (Å²) in [7, 11) is 3.31. The summed E-state index contributed by atoms with van der Waals surface area (Å²) in [5.41, 5.74) is 0.629. The number of carbonyl (C=O) groups is 2. The molecule has 21 heavy (non-hydrogen) atoms. The second-order valence-corrected chi connectivity index (χ2v) is 5.84. The molecule has 1 aromatic rings. The van der Waals surface area contributed by atoms with E-state index in [1.54, 1.807) is 27.2 Å². The van der Waals surface area contributed by atoms with Gasteiger partial charge in [-0.25, -0.2) is 4.79 Å². The number of hydrogen-bond acceptors (Lipinski definition) is 3. The zero-order valence-corrected chi connectivity index (χ0v) is 13.0. The van der Waals surface area contributed by atoms with Crippen molar-refractivity contribution in [3.8, 4) is 0 Å². The van der Waals surface area contributed by atoms with Gasteiger partial charge >= 0.3 is 6.03 Å². The zero-order valence-electron chi connectivity index (χ0n) is 13.0. The van der Waals surface area contributed by atoms with Crippen LogP contribution in [0.25, 0.3) is 0 Å². The monoisotopic (exact) mass is 293 g/mol. The molecule has 1 fully saturated rings. The van der Waals surface area contributed by atoms with Gasteiger partial charge in [0, 0.05) is 20.3 Å². The molecule has 2 atom stereocenters. The lowest BCUT2D eigenvalue weighted by Gasteiger charge is -2.17. The zero-order chi connectivity index (χ0) is 15.6. The Balaban J connectivity index is 1.86. The molecule has 0 bridgehead atoms. The third-order valence-electron chi connectivity index (χ3n) is 3.74. The standard InChI is InChI=1S/C14H23N5O2/c1-9(13(20)18(3)4)16-14(21)17-12-7-15-19(8-12)10(2)11-5-6-11/h7-11H,5-6H2,1-4H3,(H2,16,17,21)/t9-,10?/m0/s1. The van der Waals surface area contributed by atoms with Crippen LogP contribution in [0.1, 0.15) is 32.7 Å². The van der Waals surface area contributed by atoms with Crippen molar-refractivity contribution < 1.29 is 9.59 Å². The Labute approximate surface area is 124 Å². The second kappa shape index (κ2) is 6.15. The predicted octanol–water partition coefficient (Wildman–Crippen LogP) is 1.45. The summed E-state index contributed by atoms with van der Waals surface area (Å²) >= 11 is 0. The molecular formula is C14H23N5O2. The van der Waals surface area contributed by atoms with Crippen LogP contribution in [0.4, 0.5) is 10.5 Å². The Bertz CT molecular complexity index is 521. The van der Waals surface area contributed by atoms with Crippen molar-refractivity contribution in [2.75, 3.05) is 19.4 Å². The summed E-state index contributed by atoms with van der Waals surface area (Å²) in [6, 6.07) is -0.616. The number of nitrogens with one attached hydrogen (secondary N) is 2. The number of urea groups is 1. The van der Waals surface area contributed by atoms with Gasteiger partial charge in [0.1, 0.15) is 6.04 Å². The van der Waals surface area contributed by atoms with Crippen LogP contribution in [0.5, 0.6) is 0 Å². The number of likely N-dealkylation sites (N-methyl/N-ethyl adjacent to an activating group) is 1. The summed E-state index contributed by atoms with van der Waals surface area (Å²) in [6.45, 7) is 3.78. The van der Waals surface area contributed by atoms with Gasteiger partial charge in [0.2, 0.25) is 5.91 Å². The number of nitrogens with zero attached hydrogens (tertiary/aromatic N) is 3. The van der Waals surface area contributed by atoms with Crippen LogP contribution in [-0.2, 0) is 4.79 Å². The molecule has 116 valence electrons. The van der Waals surface area contributed by atoms with E-state index in [1.165, 1.54) is 17.7 Å². The van der Waals surface area contributed by atoms with E-state index in [2.05, 4.69) is 22.7 Å². The lowest BCUT2D eigenvalue weighted by molar-refractivity contribution is -0.130. The van der Waals surface area contributed by atoms with E-state index in [1.807, 2.05) is 10.9 Å². The Kier molecular flexibility index (Phi) is 4.50. The summed E-state index contributed by atoms with van der Waals surface area (Å²) < 4.78 is 1.88. The van der Waals surface area contributed by atoms with Crippen molar-refractivity contribution in [2.45, 2.75) is 38.8 Å². The van der Waals surface area contributed by atoms with Gasteiger partial charge in [-0.1, -0.05) is 0 Å². The van der Waals surface area contributed by atoms with E-state index in [0.717, 1.165) is 0 Å². The Morgan fingerprint density at radius 2 is 2.05 bits per heavy atom. The minimum Gasteiger partial charge on any atom is -0.347 e. The van der Waals surface area contributed by atoms with Crippen LogP contribution in [0.15, 0.2) is 12.4 Å². The van der Waals surface area contributed by atoms with Crippen LogP contribution in [0, 0.1) is 5.92 Å². The fraction of sp³-hybridized carbons (Fsp3) is 0.643. The SMILES string of the molecule is CC(C1CC1)n1cc(NC(=O)N[C@@H](C)C(=O)N(C)C)cn1. The number of carbonyl (C=O) groups excluding carboxylic acids is 2. The van der Waals surface area contributed by atoms with Crippen molar-refractivity contribution in [1.29, 1.82) is 0 Å². The van der Waals surface area contributed by atoms with E-state index in [4.69, 9.17) is 0 Å². The summed E-state index contributed by atoms with van der Waals surface area (Å²) in [5, 5.41) is 9.57. The van der Waals surface area contributed by atoms with E-state index in [0.29, 0.717) is 17.6 Å². The summed E-state index contributed by atoms with van der Waals surface area (Å²) in [4.78, 5) is 25.0. The summed E-state index contributed by atoms with van der Waals surface area (Å²) in [5.74, 6) is 0.549. The highest BCUT2D eigenvalue weighted by Gasteiger charge is 2.29. The number of rotatable bonds is 5. The van der Waals surface area contributed by atoms with Gasteiger partial charge in [-0.3, -0.25) is 9.48 Å². The predicted molar refractivity (Wildman–Crippen MR) is 80.0 cm³/mol. The first kappa shape index (κ1) is 15.3. The number of hydrogen-bond donors (Lipinski definition) is 2. The maximum atomic E-state index is 11.8. The van der Waals surface area contributed by atoms with E-state index < -0.39 is 12.1 Å². The fourth-order valence-electron chi connectivity index (χ4n) is 2.23. The molecule has 1 aromatic heterocycles. The van der Waals surface area contributed by atoms with Gasteiger partial charge in [-0.15, -0.1) is 0 Å². The average molecular weight is 293 g/mol. The van der Waals surface area contributed by atoms with Crippen LogP contribution in [0.3, 0.4) is 0 Å². The molecule has 7 nitrogen and oxygen atoms in total. The highest BCUT2D eigenvalue weighted by Crippen LogP contribution is 2.39. The molecule has 0 aromatic carbocycles. The third-order valence-corrected chi connectivity index (χ3v) is 3.74. The maximum Gasteiger partial charge on any atom is 0.319 e. The molecule has 1 aliphatic rings. The topological polar surface area (TPSA) is 79.3 Å². The Hall–Kier alpha value is -2.05. The quantitative estimate of drug-likeness (QED) is 0.862. The Morgan fingerprint density at radius 1 is 1.38 bits per heavy atom. The first-order valence-electron chi connectivity index (χ1n) is 7.21. The molecule has 1 saturated carbocycles. The van der Waals surface area contributed by atoms with Crippen LogP contribution in [-0.4, -0.2) is 46.8 Å². The number of anilines is 1. The third kappa shape index (κ3) is 3.96. The first-order valence-corrected chi connectivity index (χ1v) is 7.21. The molecule has 1 aliphatic carbocycles. The molecule has 2 rings (SSSR count). The largest absolute Gasteiger partial charge is 0.347 e. The maximum absolute atomic E-state index is 11.8. The van der Waals surface area contributed by atoms with E-state index in [9.17, 15) is 9.59 Å². The molecule has 1 heterocycles. The molecule has 3 amide bonds. The van der Waals surface area contributed by atoms with Crippen molar-refractivity contribution in [3.63, 3.8) is 0 Å². The van der Waals surface area contributed by atoms with E-state index >= 15 is 0 Å². The minimum atomic E-state index is -0.569. The van der Waals surface area contributed by atoms with Crippen molar-refractivity contribution in [2.24, 2.45) is 5.92 Å². The molecule has 0 spiro atoms. The van der Waals surface area contributed by atoms with Crippen LogP contribution in [0.2, 0.25) is 0 Å². The van der Waals surface area contributed by atoms with Crippen molar-refractivity contribution in [3.05, 3.63) is 12.4 Å². The van der Waals surface area contributed by atoms with Crippen LogP contribution < -0.4 is 10.6 Å². The highest BCUT2D eigenvalue weighted by molar-refractivity contribution is 5.93. The Morgan fingerprint density at radius 3 is 2.62 bits per heavy atom. The van der Waals surface area contributed by atoms with Gasteiger partial charge in [-0.05, 0) is 32.6 Å². The normalized spacial score (nSPS) is 17.0. The molecule has 7 heteroatoms. The molecule has 0 saturated heterocycles. The average Bonchev–Trinajstić information content (AvgIpc) is 3.17. The molecular weight excluding hydrogens is 270 g/mol. The first-order chi connectivity index (χ1) is 9.88. The van der Waals surface area contributed by atoms with Gasteiger partial charge < -0.3 is 15.5 Å². The lowest BCUT2D eigenvalue weighted by Crippen LogP contribution is -2.45.